The lowest BCUT2D eigenvalue weighted by Crippen LogP contribution is -2.24. The van der Waals surface area contributed by atoms with E-state index in [-0.39, 0.29) is 11.9 Å². The molecule has 5 heteroatoms. The number of hydrogen-bond acceptors (Lipinski definition) is 2. The molecular formula is C10H13N3O2. The average Bonchev–Trinajstić information content (AvgIpc) is 2.29. The highest BCUT2D eigenvalue weighted by Gasteiger charge is 2.03. The summed E-state index contributed by atoms with van der Waals surface area (Å²) in [5, 5.41) is 7.54. The largest absolute Gasteiger partial charge is 0.355 e. The third-order valence-electron chi connectivity index (χ3n) is 1.86. The Morgan fingerprint density at radius 3 is 2.07 bits per heavy atom. The summed E-state index contributed by atoms with van der Waals surface area (Å²) >= 11 is 0. The van der Waals surface area contributed by atoms with Gasteiger partial charge in [-0.2, -0.15) is 0 Å². The molecule has 0 heterocycles. The molecule has 0 saturated carbocycles. The molecular weight excluding hydrogens is 194 g/mol. The van der Waals surface area contributed by atoms with Crippen LogP contribution < -0.4 is 16.0 Å². The van der Waals surface area contributed by atoms with E-state index >= 15 is 0 Å². The highest BCUT2D eigenvalue weighted by atomic mass is 16.2. The lowest BCUT2D eigenvalue weighted by Gasteiger charge is -2.05. The summed E-state index contributed by atoms with van der Waals surface area (Å²) < 4.78 is 0. The van der Waals surface area contributed by atoms with Crippen LogP contribution in [-0.2, 0) is 0 Å². The second-order valence-electron chi connectivity index (χ2n) is 2.86. The molecule has 3 N–H and O–H groups in total. The van der Waals surface area contributed by atoms with Crippen LogP contribution in [0.3, 0.4) is 0 Å². The third kappa shape index (κ3) is 2.98. The molecule has 5 nitrogen and oxygen atoms in total. The quantitative estimate of drug-likeness (QED) is 0.671. The van der Waals surface area contributed by atoms with Gasteiger partial charge in [0.1, 0.15) is 0 Å². The Hall–Kier alpha value is -2.04. The lowest BCUT2D eigenvalue weighted by molar-refractivity contribution is 0.0963. The van der Waals surface area contributed by atoms with Crippen LogP contribution in [-0.4, -0.2) is 26.0 Å². The van der Waals surface area contributed by atoms with Crippen molar-refractivity contribution in [3.63, 3.8) is 0 Å². The van der Waals surface area contributed by atoms with Gasteiger partial charge in [-0.25, -0.2) is 4.79 Å². The maximum absolute atomic E-state index is 11.2. The van der Waals surface area contributed by atoms with Crippen LogP contribution in [0, 0.1) is 0 Å². The zero-order valence-electron chi connectivity index (χ0n) is 8.63. The highest BCUT2D eigenvalue weighted by Crippen LogP contribution is 2.08. The molecule has 0 radical (unpaired) electrons. The van der Waals surface area contributed by atoms with Gasteiger partial charge in [0.25, 0.3) is 5.91 Å². The molecule has 0 bridgehead atoms. The fraction of sp³-hybridized carbons (Fsp3) is 0.200. The van der Waals surface area contributed by atoms with Gasteiger partial charge in [0.05, 0.1) is 0 Å². The molecule has 0 aromatic heterocycles. The van der Waals surface area contributed by atoms with Crippen molar-refractivity contribution in [1.82, 2.24) is 10.6 Å². The molecule has 1 aromatic rings. The summed E-state index contributed by atoms with van der Waals surface area (Å²) in [5.74, 6) is -0.151. The van der Waals surface area contributed by atoms with Crippen LogP contribution in [0.2, 0.25) is 0 Å². The number of rotatable bonds is 2. The zero-order chi connectivity index (χ0) is 11.3. The molecule has 15 heavy (non-hydrogen) atoms. The molecule has 0 spiro atoms. The first-order valence-electron chi connectivity index (χ1n) is 4.48. The van der Waals surface area contributed by atoms with Crippen LogP contribution in [0.15, 0.2) is 24.3 Å². The summed E-state index contributed by atoms with van der Waals surface area (Å²) in [4.78, 5) is 22.1. The first-order valence-corrected chi connectivity index (χ1v) is 4.48. The Balaban J connectivity index is 2.72. The molecule has 0 aliphatic rings. The predicted octanol–water partition coefficient (Wildman–Crippen LogP) is 0.797. The Kier molecular flexibility index (Phi) is 3.68. The fourth-order valence-electron chi connectivity index (χ4n) is 1.04. The van der Waals surface area contributed by atoms with Gasteiger partial charge in [0.15, 0.2) is 0 Å². The Labute approximate surface area is 87.9 Å². The second kappa shape index (κ2) is 4.99. The Bertz CT molecular complexity index is 359. The van der Waals surface area contributed by atoms with Crippen molar-refractivity contribution >= 4 is 17.6 Å². The van der Waals surface area contributed by atoms with Crippen molar-refractivity contribution in [3.8, 4) is 0 Å². The smallest absolute Gasteiger partial charge is 0.318 e. The van der Waals surface area contributed by atoms with Crippen molar-refractivity contribution in [2.75, 3.05) is 19.4 Å². The summed E-state index contributed by atoms with van der Waals surface area (Å²) in [7, 11) is 3.10. The summed E-state index contributed by atoms with van der Waals surface area (Å²) in [6, 6.07) is 6.33. The molecule has 1 aromatic carbocycles. The van der Waals surface area contributed by atoms with Gasteiger partial charge in [-0.05, 0) is 24.3 Å². The molecule has 0 unspecified atom stereocenters. The number of urea groups is 1. The van der Waals surface area contributed by atoms with Gasteiger partial charge in [-0.15, -0.1) is 0 Å². The number of benzene rings is 1. The van der Waals surface area contributed by atoms with Crippen LogP contribution in [0.5, 0.6) is 0 Å². The van der Waals surface area contributed by atoms with Gasteiger partial charge in [0, 0.05) is 25.3 Å². The van der Waals surface area contributed by atoms with Crippen LogP contribution in [0.1, 0.15) is 10.4 Å². The van der Waals surface area contributed by atoms with E-state index in [1.54, 1.807) is 31.3 Å². The number of carbonyl (C=O) groups is 2. The van der Waals surface area contributed by atoms with E-state index in [0.29, 0.717) is 11.3 Å². The molecule has 0 aliphatic carbocycles. The standard InChI is InChI=1S/C10H13N3O2/c1-11-9(14)7-3-5-8(6-4-7)13-10(15)12-2/h3-6H,1-2H3,(H,11,14)(H2,12,13,15). The number of anilines is 1. The van der Waals surface area contributed by atoms with Crippen molar-refractivity contribution < 1.29 is 9.59 Å². The minimum atomic E-state index is -0.289. The molecule has 0 atom stereocenters. The van der Waals surface area contributed by atoms with E-state index in [1.165, 1.54) is 7.05 Å². The summed E-state index contributed by atoms with van der Waals surface area (Å²) in [5.41, 5.74) is 1.20. The minimum Gasteiger partial charge on any atom is -0.355 e. The van der Waals surface area contributed by atoms with Gasteiger partial charge in [-0.1, -0.05) is 0 Å². The second-order valence-corrected chi connectivity index (χ2v) is 2.86. The first-order chi connectivity index (χ1) is 7.17. The predicted molar refractivity (Wildman–Crippen MR) is 57.9 cm³/mol. The van der Waals surface area contributed by atoms with E-state index in [4.69, 9.17) is 0 Å². The lowest BCUT2D eigenvalue weighted by atomic mass is 10.2. The normalized spacial score (nSPS) is 9.20. The van der Waals surface area contributed by atoms with Crippen molar-refractivity contribution in [1.29, 1.82) is 0 Å². The van der Waals surface area contributed by atoms with Crippen LogP contribution in [0.25, 0.3) is 0 Å². The Morgan fingerprint density at radius 2 is 1.60 bits per heavy atom. The first kappa shape index (κ1) is 11.0. The number of hydrogen-bond donors (Lipinski definition) is 3. The topological polar surface area (TPSA) is 70.2 Å². The van der Waals surface area contributed by atoms with E-state index in [1.807, 2.05) is 0 Å². The van der Waals surface area contributed by atoms with Crippen LogP contribution >= 0.6 is 0 Å². The van der Waals surface area contributed by atoms with E-state index in [2.05, 4.69) is 16.0 Å². The highest BCUT2D eigenvalue weighted by molar-refractivity contribution is 5.95. The summed E-state index contributed by atoms with van der Waals surface area (Å²) in [6.07, 6.45) is 0. The maximum atomic E-state index is 11.2. The molecule has 0 fully saturated rings. The minimum absolute atomic E-state index is 0.151. The molecule has 0 saturated heterocycles. The third-order valence-corrected chi connectivity index (χ3v) is 1.86. The molecule has 0 aliphatic heterocycles. The van der Waals surface area contributed by atoms with Gasteiger partial charge in [-0.3, -0.25) is 4.79 Å². The number of nitrogens with one attached hydrogen (secondary N) is 3. The van der Waals surface area contributed by atoms with Crippen molar-refractivity contribution in [2.24, 2.45) is 0 Å². The fourth-order valence-corrected chi connectivity index (χ4v) is 1.04. The average molecular weight is 207 g/mol. The van der Waals surface area contributed by atoms with E-state index in [9.17, 15) is 9.59 Å². The monoisotopic (exact) mass is 207 g/mol. The number of amides is 3. The van der Waals surface area contributed by atoms with Gasteiger partial charge in [0.2, 0.25) is 0 Å². The van der Waals surface area contributed by atoms with Gasteiger partial charge < -0.3 is 16.0 Å². The van der Waals surface area contributed by atoms with E-state index < -0.39 is 0 Å². The maximum Gasteiger partial charge on any atom is 0.318 e. The van der Waals surface area contributed by atoms with E-state index in [0.717, 1.165) is 0 Å². The van der Waals surface area contributed by atoms with Gasteiger partial charge >= 0.3 is 6.03 Å². The molecule has 3 amide bonds. The Morgan fingerprint density at radius 1 is 1.00 bits per heavy atom. The van der Waals surface area contributed by atoms with Crippen molar-refractivity contribution in [3.05, 3.63) is 29.8 Å². The SMILES string of the molecule is CNC(=O)Nc1ccc(C(=O)NC)cc1. The van der Waals surface area contributed by atoms with Crippen LogP contribution in [0.4, 0.5) is 10.5 Å². The molecule has 1 rings (SSSR count). The van der Waals surface area contributed by atoms with Crippen molar-refractivity contribution in [2.45, 2.75) is 0 Å². The molecule has 80 valence electrons. The number of carbonyl (C=O) groups excluding carboxylic acids is 2. The summed E-state index contributed by atoms with van der Waals surface area (Å²) in [6.45, 7) is 0. The zero-order valence-corrected chi connectivity index (χ0v) is 8.63.